The molecule has 1 saturated heterocycles. The van der Waals surface area contributed by atoms with E-state index in [9.17, 15) is 8.42 Å². The van der Waals surface area contributed by atoms with Crippen LogP contribution in [0.1, 0.15) is 12.0 Å². The number of hydrazine groups is 1. The van der Waals surface area contributed by atoms with E-state index in [0.29, 0.717) is 24.0 Å². The molecule has 4 rings (SSSR count). The summed E-state index contributed by atoms with van der Waals surface area (Å²) in [5, 5.41) is 7.33. The van der Waals surface area contributed by atoms with Crippen molar-refractivity contribution in [3.8, 4) is 5.75 Å². The van der Waals surface area contributed by atoms with Crippen molar-refractivity contribution in [2.24, 2.45) is 0 Å². The van der Waals surface area contributed by atoms with Gasteiger partial charge in [-0.25, -0.2) is 5.01 Å². The highest BCUT2D eigenvalue weighted by atomic mass is 32.2. The molecule has 1 aliphatic rings. The molecule has 1 atom stereocenters. The number of hydrogen-bond acceptors (Lipinski definition) is 7. The Morgan fingerprint density at radius 1 is 1.15 bits per heavy atom. The van der Waals surface area contributed by atoms with E-state index in [2.05, 4.69) is 36.9 Å². The highest BCUT2D eigenvalue weighted by Gasteiger charge is 2.24. The Balaban J connectivity index is 1.44. The van der Waals surface area contributed by atoms with Crippen LogP contribution in [0.25, 0.3) is 10.8 Å². The number of anilines is 2. The molecule has 0 aliphatic carbocycles. The third kappa shape index (κ3) is 5.72. The number of likely N-dealkylation sites (tertiary alicyclic amines) is 1. The van der Waals surface area contributed by atoms with E-state index in [-0.39, 0.29) is 0 Å². The van der Waals surface area contributed by atoms with E-state index in [0.717, 1.165) is 36.1 Å². The maximum absolute atomic E-state index is 12.3. The smallest absolute Gasteiger partial charge is 0.312 e. The van der Waals surface area contributed by atoms with Gasteiger partial charge in [-0.1, -0.05) is 24.3 Å². The Morgan fingerprint density at radius 2 is 1.94 bits per heavy atom. The average molecular weight is 471 g/mol. The number of para-hydroxylation sites is 1. The summed E-state index contributed by atoms with van der Waals surface area (Å²) in [5.41, 5.74) is 2.45. The van der Waals surface area contributed by atoms with Crippen molar-refractivity contribution in [1.82, 2.24) is 19.7 Å². The van der Waals surface area contributed by atoms with Crippen LogP contribution >= 0.6 is 0 Å². The third-order valence-corrected chi connectivity index (χ3v) is 6.65. The fourth-order valence-corrected chi connectivity index (χ4v) is 5.22. The van der Waals surface area contributed by atoms with E-state index < -0.39 is 10.2 Å². The summed E-state index contributed by atoms with van der Waals surface area (Å²) in [5.74, 6) is 0.527. The predicted molar refractivity (Wildman–Crippen MR) is 131 cm³/mol. The van der Waals surface area contributed by atoms with Gasteiger partial charge in [-0.3, -0.25) is 14.6 Å². The number of aromatic nitrogens is 1. The number of ether oxygens (including phenoxy) is 1. The highest BCUT2D eigenvalue weighted by molar-refractivity contribution is 7.90. The molecule has 0 spiro atoms. The number of hydrogen-bond donors (Lipinski definition) is 3. The van der Waals surface area contributed by atoms with Gasteiger partial charge in [0.2, 0.25) is 0 Å². The zero-order chi connectivity index (χ0) is 23.4. The highest BCUT2D eigenvalue weighted by Crippen LogP contribution is 2.32. The van der Waals surface area contributed by atoms with Crippen LogP contribution in [0.5, 0.6) is 5.75 Å². The van der Waals surface area contributed by atoms with Gasteiger partial charge < -0.3 is 10.1 Å². The molecule has 1 aromatic heterocycles. The quantitative estimate of drug-likeness (QED) is 0.414. The van der Waals surface area contributed by atoms with Crippen LogP contribution in [-0.2, 0) is 16.8 Å². The Morgan fingerprint density at radius 3 is 2.73 bits per heavy atom. The van der Waals surface area contributed by atoms with Gasteiger partial charge >= 0.3 is 10.2 Å². The van der Waals surface area contributed by atoms with Gasteiger partial charge in [-0.05, 0) is 24.6 Å². The number of nitrogens with one attached hydrogen (secondary N) is 3. The first kappa shape index (κ1) is 23.2. The Kier molecular flexibility index (Phi) is 6.99. The summed E-state index contributed by atoms with van der Waals surface area (Å²) in [7, 11) is 1.02. The standard InChI is InChI=1S/C23H30N6O3S/c1-28(2)27-33(30,31)26-22-9-5-7-18(23(22)32-3)15-29-13-11-19(16-29)25-21-8-4-6-17-14-24-12-10-20(17)21/h4-10,12,14,19,25-27H,11,13,15-16H2,1-3H3. The summed E-state index contributed by atoms with van der Waals surface area (Å²) < 4.78 is 32.7. The molecule has 0 amide bonds. The summed E-state index contributed by atoms with van der Waals surface area (Å²) in [6, 6.07) is 14.1. The molecule has 2 heterocycles. The van der Waals surface area contributed by atoms with Crippen LogP contribution in [-0.4, -0.2) is 63.6 Å². The number of methoxy groups -OCH3 is 1. The van der Waals surface area contributed by atoms with E-state index >= 15 is 0 Å². The topological polar surface area (TPSA) is 98.8 Å². The molecule has 33 heavy (non-hydrogen) atoms. The van der Waals surface area contributed by atoms with Crippen LogP contribution in [0.3, 0.4) is 0 Å². The van der Waals surface area contributed by atoms with Gasteiger partial charge in [-0.15, -0.1) is 4.83 Å². The van der Waals surface area contributed by atoms with E-state index in [1.165, 1.54) is 10.4 Å². The van der Waals surface area contributed by atoms with Gasteiger partial charge in [0.1, 0.15) is 5.75 Å². The van der Waals surface area contributed by atoms with Gasteiger partial charge in [0, 0.05) is 74.2 Å². The lowest BCUT2D eigenvalue weighted by atomic mass is 10.1. The Bertz CT molecular complexity index is 1210. The molecular formula is C23H30N6O3S. The zero-order valence-corrected chi connectivity index (χ0v) is 19.9. The van der Waals surface area contributed by atoms with Gasteiger partial charge in [0.05, 0.1) is 12.8 Å². The van der Waals surface area contributed by atoms with Crippen molar-refractivity contribution in [2.75, 3.05) is 44.3 Å². The minimum atomic E-state index is -3.75. The maximum atomic E-state index is 12.3. The van der Waals surface area contributed by atoms with E-state index in [4.69, 9.17) is 4.74 Å². The SMILES string of the molecule is COc1c(CN2CCC(Nc3cccc4cnccc34)C2)cccc1NS(=O)(=O)NN(C)C. The lowest BCUT2D eigenvalue weighted by Crippen LogP contribution is -2.40. The molecule has 3 aromatic rings. The van der Waals surface area contributed by atoms with Crippen LogP contribution in [0.2, 0.25) is 0 Å². The number of rotatable bonds is 9. The van der Waals surface area contributed by atoms with Gasteiger partial charge in [0.15, 0.2) is 0 Å². The lowest BCUT2D eigenvalue weighted by molar-refractivity contribution is 0.319. The molecule has 0 radical (unpaired) electrons. The first-order chi connectivity index (χ1) is 15.8. The first-order valence-corrected chi connectivity index (χ1v) is 12.3. The van der Waals surface area contributed by atoms with Crippen molar-refractivity contribution < 1.29 is 13.2 Å². The van der Waals surface area contributed by atoms with Gasteiger partial charge in [-0.2, -0.15) is 8.42 Å². The van der Waals surface area contributed by atoms with Crippen molar-refractivity contribution in [3.63, 3.8) is 0 Å². The zero-order valence-electron chi connectivity index (χ0n) is 19.1. The van der Waals surface area contributed by atoms with Crippen molar-refractivity contribution in [1.29, 1.82) is 0 Å². The summed E-state index contributed by atoms with van der Waals surface area (Å²) in [4.78, 5) is 8.92. The van der Waals surface area contributed by atoms with Crippen LogP contribution < -0.4 is 19.6 Å². The minimum Gasteiger partial charge on any atom is -0.494 e. The van der Waals surface area contributed by atoms with Crippen molar-refractivity contribution in [2.45, 2.75) is 19.0 Å². The molecule has 3 N–H and O–H groups in total. The number of pyridine rings is 1. The Hall–Kier alpha value is -2.92. The fourth-order valence-electron chi connectivity index (χ4n) is 4.24. The second-order valence-corrected chi connectivity index (χ2v) is 9.75. The predicted octanol–water partition coefficient (Wildman–Crippen LogP) is 2.65. The van der Waals surface area contributed by atoms with Crippen LogP contribution in [0, 0.1) is 0 Å². The molecular weight excluding hydrogens is 440 g/mol. The summed E-state index contributed by atoms with van der Waals surface area (Å²) in [6.07, 6.45) is 4.71. The number of benzene rings is 2. The second kappa shape index (κ2) is 9.92. The molecule has 0 bridgehead atoms. The van der Waals surface area contributed by atoms with Crippen LogP contribution in [0.4, 0.5) is 11.4 Å². The fraction of sp³-hybridized carbons (Fsp3) is 0.348. The molecule has 10 heteroatoms. The average Bonchev–Trinajstić information content (AvgIpc) is 3.20. The Labute approximate surface area is 194 Å². The summed E-state index contributed by atoms with van der Waals surface area (Å²) in [6.45, 7) is 2.48. The van der Waals surface area contributed by atoms with Crippen molar-refractivity contribution in [3.05, 3.63) is 60.4 Å². The van der Waals surface area contributed by atoms with Gasteiger partial charge in [0.25, 0.3) is 0 Å². The molecule has 176 valence electrons. The largest absolute Gasteiger partial charge is 0.494 e. The molecule has 2 aromatic carbocycles. The minimum absolute atomic E-state index is 0.320. The van der Waals surface area contributed by atoms with Crippen LogP contribution in [0.15, 0.2) is 54.9 Å². The molecule has 1 aliphatic heterocycles. The monoisotopic (exact) mass is 470 g/mol. The van der Waals surface area contributed by atoms with E-state index in [1.54, 1.807) is 27.3 Å². The first-order valence-electron chi connectivity index (χ1n) is 10.8. The molecule has 1 unspecified atom stereocenters. The second-order valence-electron chi connectivity index (χ2n) is 8.36. The number of fused-ring (bicyclic) bond motifs is 1. The third-order valence-electron chi connectivity index (χ3n) is 5.55. The molecule has 1 fully saturated rings. The van der Waals surface area contributed by atoms with Crippen molar-refractivity contribution >= 4 is 32.4 Å². The molecule has 9 nitrogen and oxygen atoms in total. The number of nitrogens with zero attached hydrogens (tertiary/aromatic N) is 3. The normalized spacial score (nSPS) is 16.9. The maximum Gasteiger partial charge on any atom is 0.312 e. The summed E-state index contributed by atoms with van der Waals surface area (Å²) >= 11 is 0. The molecule has 0 saturated carbocycles. The lowest BCUT2D eigenvalue weighted by Gasteiger charge is -2.21. The van der Waals surface area contributed by atoms with E-state index in [1.807, 2.05) is 36.7 Å².